The minimum absolute atomic E-state index is 0.155. The quantitative estimate of drug-likeness (QED) is 0.433. The third-order valence-electron chi connectivity index (χ3n) is 3.43. The second kappa shape index (κ2) is 8.65. The Morgan fingerprint density at radius 2 is 1.88 bits per heavy atom. The largest absolute Gasteiger partial charge is 0.497 e. The molecule has 2 N–H and O–H groups in total. The van der Waals surface area contributed by atoms with Crippen LogP contribution in [0.4, 0.5) is 17.1 Å². The highest BCUT2D eigenvalue weighted by Crippen LogP contribution is 2.24. The van der Waals surface area contributed by atoms with Crippen LogP contribution in [0.15, 0.2) is 42.5 Å². The van der Waals surface area contributed by atoms with Crippen LogP contribution in [0.5, 0.6) is 5.75 Å². The summed E-state index contributed by atoms with van der Waals surface area (Å²) in [4.78, 5) is 23.0. The number of anilines is 2. The van der Waals surface area contributed by atoms with Crippen LogP contribution in [-0.2, 0) is 4.74 Å². The summed E-state index contributed by atoms with van der Waals surface area (Å²) in [5.41, 5.74) is 1.08. The summed E-state index contributed by atoms with van der Waals surface area (Å²) >= 11 is 0. The molecule has 0 saturated carbocycles. The number of nitro benzene ring substituents is 1. The molecular weight excluding hydrogens is 326 g/mol. The first-order chi connectivity index (χ1) is 12.0. The fourth-order valence-electron chi connectivity index (χ4n) is 2.15. The van der Waals surface area contributed by atoms with Crippen molar-refractivity contribution in [2.75, 3.05) is 38.0 Å². The number of non-ortho nitro benzene ring substituents is 1. The van der Waals surface area contributed by atoms with E-state index in [1.807, 2.05) is 0 Å². The van der Waals surface area contributed by atoms with Gasteiger partial charge in [-0.2, -0.15) is 0 Å². The summed E-state index contributed by atoms with van der Waals surface area (Å²) < 4.78 is 10.0. The Hall–Kier alpha value is -3.13. The van der Waals surface area contributed by atoms with E-state index >= 15 is 0 Å². The Morgan fingerprint density at radius 3 is 2.48 bits per heavy atom. The van der Waals surface area contributed by atoms with E-state index in [0.717, 1.165) is 0 Å². The summed E-state index contributed by atoms with van der Waals surface area (Å²) in [6, 6.07) is 10.9. The van der Waals surface area contributed by atoms with E-state index < -0.39 is 10.8 Å². The molecule has 0 aromatic heterocycles. The molecule has 0 aliphatic rings. The zero-order valence-electron chi connectivity index (χ0n) is 13.9. The number of nitrogens with zero attached hydrogens (tertiary/aromatic N) is 1. The molecule has 0 saturated heterocycles. The number of nitrogens with one attached hydrogen (secondary N) is 2. The third-order valence-corrected chi connectivity index (χ3v) is 3.43. The van der Waals surface area contributed by atoms with Crippen LogP contribution in [0.1, 0.15) is 10.4 Å². The van der Waals surface area contributed by atoms with Gasteiger partial charge in [-0.3, -0.25) is 14.9 Å². The molecule has 2 rings (SSSR count). The van der Waals surface area contributed by atoms with Gasteiger partial charge in [-0.1, -0.05) is 0 Å². The van der Waals surface area contributed by atoms with Gasteiger partial charge < -0.3 is 20.1 Å². The van der Waals surface area contributed by atoms with Crippen molar-refractivity contribution in [2.45, 2.75) is 0 Å². The summed E-state index contributed by atoms with van der Waals surface area (Å²) in [5, 5.41) is 16.8. The van der Waals surface area contributed by atoms with E-state index in [4.69, 9.17) is 9.47 Å². The molecule has 0 aliphatic carbocycles. The van der Waals surface area contributed by atoms with E-state index in [-0.39, 0.29) is 11.3 Å². The van der Waals surface area contributed by atoms with Gasteiger partial charge in [0.1, 0.15) is 5.75 Å². The van der Waals surface area contributed by atoms with Crippen LogP contribution in [0.3, 0.4) is 0 Å². The van der Waals surface area contributed by atoms with E-state index in [1.165, 1.54) is 18.2 Å². The molecule has 0 atom stereocenters. The SMILES string of the molecule is COCCNc1ccc([N+](=O)[O-])cc1C(=O)Nc1ccc(OC)cc1. The molecule has 0 bridgehead atoms. The normalized spacial score (nSPS) is 10.2. The Labute approximate surface area is 144 Å². The second-order valence-electron chi connectivity index (χ2n) is 5.09. The molecule has 0 fully saturated rings. The number of carbonyl (C=O) groups excluding carboxylic acids is 1. The Kier molecular flexibility index (Phi) is 6.30. The molecule has 0 spiro atoms. The first-order valence-corrected chi connectivity index (χ1v) is 7.52. The molecule has 1 amide bonds. The highest BCUT2D eigenvalue weighted by molar-refractivity contribution is 6.08. The lowest BCUT2D eigenvalue weighted by atomic mass is 10.1. The van der Waals surface area contributed by atoms with Gasteiger partial charge in [0.25, 0.3) is 11.6 Å². The number of amides is 1. The lowest BCUT2D eigenvalue weighted by Crippen LogP contribution is -2.16. The van der Waals surface area contributed by atoms with Crippen LogP contribution < -0.4 is 15.4 Å². The molecule has 132 valence electrons. The number of rotatable bonds is 8. The Morgan fingerprint density at radius 1 is 1.16 bits per heavy atom. The maximum absolute atomic E-state index is 12.6. The van der Waals surface area contributed by atoms with Crippen molar-refractivity contribution in [3.05, 3.63) is 58.1 Å². The van der Waals surface area contributed by atoms with Gasteiger partial charge in [-0.25, -0.2) is 0 Å². The fraction of sp³-hybridized carbons (Fsp3) is 0.235. The lowest BCUT2D eigenvalue weighted by molar-refractivity contribution is -0.384. The van der Waals surface area contributed by atoms with Crippen molar-refractivity contribution < 1.29 is 19.2 Å². The van der Waals surface area contributed by atoms with Crippen molar-refractivity contribution in [1.29, 1.82) is 0 Å². The van der Waals surface area contributed by atoms with Gasteiger partial charge in [0.2, 0.25) is 0 Å². The van der Waals surface area contributed by atoms with Crippen molar-refractivity contribution in [2.24, 2.45) is 0 Å². The van der Waals surface area contributed by atoms with Crippen LogP contribution in [0.25, 0.3) is 0 Å². The van der Waals surface area contributed by atoms with Crippen LogP contribution >= 0.6 is 0 Å². The molecule has 2 aromatic rings. The number of hydrogen-bond acceptors (Lipinski definition) is 6. The summed E-state index contributed by atoms with van der Waals surface area (Å²) in [7, 11) is 3.11. The van der Waals surface area contributed by atoms with Crippen LogP contribution in [0, 0.1) is 10.1 Å². The molecular formula is C17H19N3O5. The monoisotopic (exact) mass is 345 g/mol. The first-order valence-electron chi connectivity index (χ1n) is 7.52. The van der Waals surface area contributed by atoms with Crippen LogP contribution in [0.2, 0.25) is 0 Å². The number of carbonyl (C=O) groups is 1. The maximum atomic E-state index is 12.6. The zero-order valence-corrected chi connectivity index (χ0v) is 13.9. The van der Waals surface area contributed by atoms with Gasteiger partial charge >= 0.3 is 0 Å². The van der Waals surface area contributed by atoms with Crippen molar-refractivity contribution in [3.8, 4) is 5.75 Å². The molecule has 8 nitrogen and oxygen atoms in total. The predicted molar refractivity (Wildman–Crippen MR) is 94.4 cm³/mol. The molecule has 8 heteroatoms. The van der Waals surface area contributed by atoms with Gasteiger partial charge in [-0.15, -0.1) is 0 Å². The highest BCUT2D eigenvalue weighted by atomic mass is 16.6. The Bertz CT molecular complexity index is 746. The maximum Gasteiger partial charge on any atom is 0.270 e. The second-order valence-corrected chi connectivity index (χ2v) is 5.09. The highest BCUT2D eigenvalue weighted by Gasteiger charge is 2.17. The summed E-state index contributed by atoms with van der Waals surface area (Å²) in [6.45, 7) is 0.910. The molecule has 0 radical (unpaired) electrons. The van der Waals surface area contributed by atoms with E-state index in [0.29, 0.717) is 30.3 Å². The summed E-state index contributed by atoms with van der Waals surface area (Å²) in [5.74, 6) is 0.212. The van der Waals surface area contributed by atoms with Crippen molar-refractivity contribution in [3.63, 3.8) is 0 Å². The molecule has 0 unspecified atom stereocenters. The molecule has 2 aromatic carbocycles. The summed E-state index contributed by atoms with van der Waals surface area (Å²) in [6.07, 6.45) is 0. The average Bonchev–Trinajstić information content (AvgIpc) is 2.62. The average molecular weight is 345 g/mol. The third kappa shape index (κ3) is 4.92. The lowest BCUT2D eigenvalue weighted by Gasteiger charge is -2.12. The smallest absolute Gasteiger partial charge is 0.270 e. The van der Waals surface area contributed by atoms with Gasteiger partial charge in [-0.05, 0) is 30.3 Å². The first kappa shape index (κ1) is 18.2. The number of hydrogen-bond donors (Lipinski definition) is 2. The topological polar surface area (TPSA) is 103 Å². The van der Waals surface area contributed by atoms with Gasteiger partial charge in [0.05, 0.1) is 24.2 Å². The van der Waals surface area contributed by atoms with Crippen molar-refractivity contribution >= 4 is 23.0 Å². The van der Waals surface area contributed by atoms with E-state index in [1.54, 1.807) is 38.5 Å². The number of methoxy groups -OCH3 is 2. The number of ether oxygens (including phenoxy) is 2. The minimum Gasteiger partial charge on any atom is -0.497 e. The standard InChI is InChI=1S/C17H19N3O5/c1-24-10-9-18-16-8-5-13(20(22)23)11-15(16)17(21)19-12-3-6-14(25-2)7-4-12/h3-8,11,18H,9-10H2,1-2H3,(H,19,21). The van der Waals surface area contributed by atoms with Gasteiger partial charge in [0, 0.05) is 37.2 Å². The van der Waals surface area contributed by atoms with Crippen LogP contribution in [-0.4, -0.2) is 38.2 Å². The van der Waals surface area contributed by atoms with Crippen molar-refractivity contribution in [1.82, 2.24) is 0 Å². The number of benzene rings is 2. The van der Waals surface area contributed by atoms with Gasteiger partial charge in [0.15, 0.2) is 0 Å². The fourth-order valence-corrected chi connectivity index (χ4v) is 2.15. The molecule has 0 aliphatic heterocycles. The minimum atomic E-state index is -0.539. The predicted octanol–water partition coefficient (Wildman–Crippen LogP) is 2.91. The Balaban J connectivity index is 2.24. The van der Waals surface area contributed by atoms with E-state index in [9.17, 15) is 14.9 Å². The molecule has 0 heterocycles. The zero-order chi connectivity index (χ0) is 18.2. The van der Waals surface area contributed by atoms with E-state index in [2.05, 4.69) is 10.6 Å². The number of nitro groups is 1. The molecule has 25 heavy (non-hydrogen) atoms.